The summed E-state index contributed by atoms with van der Waals surface area (Å²) in [7, 11) is 0. The highest BCUT2D eigenvalue weighted by Crippen LogP contribution is 2.19. The lowest BCUT2D eigenvalue weighted by molar-refractivity contribution is -0.123. The minimum atomic E-state index is -1.11. The van der Waals surface area contributed by atoms with E-state index in [4.69, 9.17) is 10.5 Å². The predicted molar refractivity (Wildman–Crippen MR) is 92.6 cm³/mol. The molecule has 0 saturated carbocycles. The van der Waals surface area contributed by atoms with Gasteiger partial charge < -0.3 is 15.8 Å². The van der Waals surface area contributed by atoms with Crippen molar-refractivity contribution in [3.8, 4) is 0 Å². The minimum Gasteiger partial charge on any atom is -0.449 e. The van der Waals surface area contributed by atoms with Gasteiger partial charge in [-0.3, -0.25) is 9.59 Å². The van der Waals surface area contributed by atoms with E-state index in [0.29, 0.717) is 15.7 Å². The van der Waals surface area contributed by atoms with Gasteiger partial charge in [-0.05, 0) is 65.3 Å². The van der Waals surface area contributed by atoms with Gasteiger partial charge in [-0.1, -0.05) is 0 Å². The first-order chi connectivity index (χ1) is 11.8. The number of nitrogens with two attached hydrogens (primary N) is 1. The van der Waals surface area contributed by atoms with Gasteiger partial charge in [0.2, 0.25) is 5.91 Å². The van der Waals surface area contributed by atoms with Crippen LogP contribution in [-0.4, -0.2) is 23.9 Å². The maximum atomic E-state index is 13.2. The molecule has 0 spiro atoms. The minimum absolute atomic E-state index is 0.0227. The number of halogens is 2. The third kappa shape index (κ3) is 4.87. The van der Waals surface area contributed by atoms with Crippen LogP contribution in [0.25, 0.3) is 0 Å². The standard InChI is InChI=1S/C17H14BrFN2O4/c1-9(25-17(24)13-8-11(19)4-7-14(13)18)16(23)21-12-5-2-10(3-6-12)15(20)22/h2-9H,1H3,(H2,20,22)(H,21,23)/t9-/m1/s1. The van der Waals surface area contributed by atoms with E-state index in [-0.39, 0.29) is 5.56 Å². The van der Waals surface area contributed by atoms with Gasteiger partial charge in [0.1, 0.15) is 5.82 Å². The first-order valence-electron chi connectivity index (χ1n) is 7.14. The molecule has 0 fully saturated rings. The van der Waals surface area contributed by atoms with E-state index in [9.17, 15) is 18.8 Å². The number of amides is 2. The van der Waals surface area contributed by atoms with Crippen molar-refractivity contribution in [2.75, 3.05) is 5.32 Å². The van der Waals surface area contributed by atoms with Gasteiger partial charge in [-0.2, -0.15) is 0 Å². The third-order valence-corrected chi connectivity index (χ3v) is 3.93. The van der Waals surface area contributed by atoms with Gasteiger partial charge in [0.05, 0.1) is 5.56 Å². The fraction of sp³-hybridized carbons (Fsp3) is 0.118. The largest absolute Gasteiger partial charge is 0.449 e. The van der Waals surface area contributed by atoms with Crippen LogP contribution in [-0.2, 0) is 9.53 Å². The van der Waals surface area contributed by atoms with Crippen molar-refractivity contribution in [2.45, 2.75) is 13.0 Å². The van der Waals surface area contributed by atoms with Crippen molar-refractivity contribution in [3.05, 3.63) is 63.9 Å². The number of ether oxygens (including phenoxy) is 1. The van der Waals surface area contributed by atoms with E-state index in [1.807, 2.05) is 0 Å². The summed E-state index contributed by atoms with van der Waals surface area (Å²) in [5, 5.41) is 2.54. The molecular weight excluding hydrogens is 395 g/mol. The first kappa shape index (κ1) is 18.6. The van der Waals surface area contributed by atoms with Crippen LogP contribution in [0.2, 0.25) is 0 Å². The first-order valence-corrected chi connectivity index (χ1v) is 7.94. The molecule has 6 nitrogen and oxygen atoms in total. The Balaban J connectivity index is 2.01. The number of rotatable bonds is 5. The predicted octanol–water partition coefficient (Wildman–Crippen LogP) is 2.87. The zero-order valence-corrected chi connectivity index (χ0v) is 14.7. The molecule has 0 aliphatic heterocycles. The molecule has 2 aromatic rings. The van der Waals surface area contributed by atoms with Crippen LogP contribution in [0.5, 0.6) is 0 Å². The van der Waals surface area contributed by atoms with Crippen molar-refractivity contribution in [1.82, 2.24) is 0 Å². The maximum Gasteiger partial charge on any atom is 0.340 e. The van der Waals surface area contributed by atoms with Gasteiger partial charge in [0, 0.05) is 15.7 Å². The molecule has 3 N–H and O–H groups in total. The Morgan fingerprint density at radius 3 is 2.40 bits per heavy atom. The highest BCUT2D eigenvalue weighted by molar-refractivity contribution is 9.10. The van der Waals surface area contributed by atoms with E-state index in [2.05, 4.69) is 21.2 Å². The number of anilines is 1. The molecule has 0 aliphatic carbocycles. The molecule has 0 saturated heterocycles. The second-order valence-electron chi connectivity index (χ2n) is 5.10. The SMILES string of the molecule is C[C@@H](OC(=O)c1cc(F)ccc1Br)C(=O)Nc1ccc(C(N)=O)cc1. The van der Waals surface area contributed by atoms with Crippen LogP contribution in [0.1, 0.15) is 27.6 Å². The summed E-state index contributed by atoms with van der Waals surface area (Å²) in [4.78, 5) is 35.1. The molecule has 0 unspecified atom stereocenters. The Hall–Kier alpha value is -2.74. The Morgan fingerprint density at radius 1 is 1.16 bits per heavy atom. The number of esters is 1. The Bertz CT molecular complexity index is 824. The summed E-state index contributed by atoms with van der Waals surface area (Å²) < 4.78 is 18.6. The quantitative estimate of drug-likeness (QED) is 0.742. The van der Waals surface area contributed by atoms with Gasteiger partial charge in [0.15, 0.2) is 6.10 Å². The third-order valence-electron chi connectivity index (χ3n) is 3.24. The van der Waals surface area contributed by atoms with E-state index in [1.54, 1.807) is 0 Å². The highest BCUT2D eigenvalue weighted by Gasteiger charge is 2.21. The lowest BCUT2D eigenvalue weighted by Gasteiger charge is -2.14. The topological polar surface area (TPSA) is 98.5 Å². The number of hydrogen-bond acceptors (Lipinski definition) is 4. The second kappa shape index (κ2) is 7.89. The Labute approximate surface area is 151 Å². The molecule has 0 radical (unpaired) electrons. The van der Waals surface area contributed by atoms with Crippen molar-refractivity contribution in [1.29, 1.82) is 0 Å². The summed E-state index contributed by atoms with van der Waals surface area (Å²) in [5.74, 6) is -2.59. The Kier molecular flexibility index (Phi) is 5.87. The average Bonchev–Trinajstić information content (AvgIpc) is 2.57. The zero-order chi connectivity index (χ0) is 18.6. The maximum absolute atomic E-state index is 13.2. The molecule has 25 heavy (non-hydrogen) atoms. The van der Waals surface area contributed by atoms with Crippen molar-refractivity contribution >= 4 is 39.4 Å². The van der Waals surface area contributed by atoms with Gasteiger partial charge >= 0.3 is 5.97 Å². The molecule has 2 amide bonds. The molecule has 0 bridgehead atoms. The van der Waals surface area contributed by atoms with Crippen LogP contribution in [0, 0.1) is 5.82 Å². The van der Waals surface area contributed by atoms with E-state index in [1.165, 1.54) is 43.3 Å². The van der Waals surface area contributed by atoms with Gasteiger partial charge in [0.25, 0.3) is 5.91 Å². The van der Waals surface area contributed by atoms with Crippen LogP contribution in [0.3, 0.4) is 0 Å². The van der Waals surface area contributed by atoms with E-state index >= 15 is 0 Å². The average molecular weight is 409 g/mol. The normalized spacial score (nSPS) is 11.5. The number of hydrogen-bond donors (Lipinski definition) is 2. The van der Waals surface area contributed by atoms with E-state index in [0.717, 1.165) is 6.07 Å². The molecular formula is C17H14BrFN2O4. The molecule has 2 rings (SSSR count). The molecule has 8 heteroatoms. The van der Waals surface area contributed by atoms with Crippen molar-refractivity contribution < 1.29 is 23.5 Å². The van der Waals surface area contributed by atoms with Crippen molar-refractivity contribution in [2.24, 2.45) is 5.73 Å². The lowest BCUT2D eigenvalue weighted by Crippen LogP contribution is -2.30. The Morgan fingerprint density at radius 2 is 1.80 bits per heavy atom. The number of carbonyl (C=O) groups excluding carboxylic acids is 3. The summed E-state index contributed by atoms with van der Waals surface area (Å²) in [6.45, 7) is 1.39. The molecule has 0 aromatic heterocycles. The summed E-state index contributed by atoms with van der Waals surface area (Å²) in [6.07, 6.45) is -1.11. The number of carbonyl (C=O) groups is 3. The zero-order valence-electron chi connectivity index (χ0n) is 13.1. The molecule has 2 aromatic carbocycles. The second-order valence-corrected chi connectivity index (χ2v) is 5.96. The highest BCUT2D eigenvalue weighted by atomic mass is 79.9. The van der Waals surface area contributed by atoms with Gasteiger partial charge in [-0.15, -0.1) is 0 Å². The summed E-state index contributed by atoms with van der Waals surface area (Å²) in [6, 6.07) is 9.48. The van der Waals surface area contributed by atoms with Gasteiger partial charge in [-0.25, -0.2) is 9.18 Å². The number of benzene rings is 2. The van der Waals surface area contributed by atoms with Crippen LogP contribution < -0.4 is 11.1 Å². The van der Waals surface area contributed by atoms with Crippen LogP contribution in [0.4, 0.5) is 10.1 Å². The molecule has 0 aliphatic rings. The van der Waals surface area contributed by atoms with Crippen LogP contribution in [0.15, 0.2) is 46.9 Å². The molecule has 1 atom stereocenters. The lowest BCUT2D eigenvalue weighted by atomic mass is 10.2. The van der Waals surface area contributed by atoms with Crippen LogP contribution >= 0.6 is 15.9 Å². The number of nitrogens with one attached hydrogen (secondary N) is 1. The summed E-state index contributed by atoms with van der Waals surface area (Å²) >= 11 is 3.12. The van der Waals surface area contributed by atoms with E-state index < -0.39 is 29.7 Å². The fourth-order valence-electron chi connectivity index (χ4n) is 1.89. The smallest absolute Gasteiger partial charge is 0.340 e. The van der Waals surface area contributed by atoms with Crippen molar-refractivity contribution in [3.63, 3.8) is 0 Å². The fourth-order valence-corrected chi connectivity index (χ4v) is 2.30. The molecule has 0 heterocycles. The monoisotopic (exact) mass is 408 g/mol. The molecule has 130 valence electrons. The summed E-state index contributed by atoms with van der Waals surface area (Å²) in [5.41, 5.74) is 5.82. The number of primary amides is 1.